The van der Waals surface area contributed by atoms with E-state index in [0.29, 0.717) is 15.5 Å². The van der Waals surface area contributed by atoms with Crippen LogP contribution in [0, 0.1) is 0 Å². The van der Waals surface area contributed by atoms with Crippen LogP contribution in [-0.2, 0) is 16.0 Å². The molecule has 2 aromatic carbocycles. The molecular formula is C21H18ClNO4S. The Morgan fingerprint density at radius 3 is 2.46 bits per heavy atom. The van der Waals surface area contributed by atoms with E-state index in [2.05, 4.69) is 5.32 Å². The number of ether oxygens (including phenoxy) is 1. The fourth-order valence-electron chi connectivity index (χ4n) is 2.60. The molecule has 0 spiro atoms. The zero-order chi connectivity index (χ0) is 20.1. The zero-order valence-corrected chi connectivity index (χ0v) is 16.7. The van der Waals surface area contributed by atoms with Crippen LogP contribution in [0.4, 0.5) is 0 Å². The Morgan fingerprint density at radius 2 is 1.79 bits per heavy atom. The zero-order valence-electron chi connectivity index (χ0n) is 15.2. The number of hydrogen-bond acceptors (Lipinski definition) is 5. The van der Waals surface area contributed by atoms with Gasteiger partial charge in [-0.05, 0) is 18.1 Å². The topological polar surface area (TPSA) is 72.5 Å². The lowest BCUT2D eigenvalue weighted by Crippen LogP contribution is -2.31. The number of halogens is 1. The Labute approximate surface area is 171 Å². The summed E-state index contributed by atoms with van der Waals surface area (Å²) in [6.07, 6.45) is 0.882. The van der Waals surface area contributed by atoms with Crippen molar-refractivity contribution in [3.05, 3.63) is 69.6 Å². The van der Waals surface area contributed by atoms with E-state index >= 15 is 0 Å². The molecule has 0 aliphatic heterocycles. The van der Waals surface area contributed by atoms with Crippen LogP contribution in [-0.4, -0.2) is 30.8 Å². The smallest absolute Gasteiger partial charge is 0.325 e. The maximum absolute atomic E-state index is 12.3. The van der Waals surface area contributed by atoms with E-state index in [4.69, 9.17) is 16.3 Å². The normalized spacial score (nSPS) is 10.6. The number of nitrogens with one attached hydrogen (secondary N) is 1. The second kappa shape index (κ2) is 8.99. The number of Topliss-reactive ketones (excluding diaryl/α,β-unsaturated/α-hetero) is 1. The maximum atomic E-state index is 12.3. The average Bonchev–Trinajstić information content (AvgIpc) is 3.07. The van der Waals surface area contributed by atoms with Crippen molar-refractivity contribution in [3.8, 4) is 0 Å². The lowest BCUT2D eigenvalue weighted by Gasteiger charge is -2.06. The summed E-state index contributed by atoms with van der Waals surface area (Å²) in [5.74, 6) is -1.44. The summed E-state index contributed by atoms with van der Waals surface area (Å²) in [4.78, 5) is 36.6. The maximum Gasteiger partial charge on any atom is 0.325 e. The van der Waals surface area contributed by atoms with Gasteiger partial charge in [-0.3, -0.25) is 14.4 Å². The summed E-state index contributed by atoms with van der Waals surface area (Å²) in [6.45, 7) is 1.31. The highest BCUT2D eigenvalue weighted by atomic mass is 35.5. The van der Waals surface area contributed by atoms with Gasteiger partial charge in [-0.1, -0.05) is 61.0 Å². The molecule has 0 bridgehead atoms. The van der Waals surface area contributed by atoms with Crippen LogP contribution >= 0.6 is 22.9 Å². The summed E-state index contributed by atoms with van der Waals surface area (Å²) >= 11 is 7.50. The molecule has 0 unspecified atom stereocenters. The first-order valence-corrected chi connectivity index (χ1v) is 9.92. The van der Waals surface area contributed by atoms with Crippen molar-refractivity contribution in [1.29, 1.82) is 0 Å². The molecule has 1 heterocycles. The number of benzene rings is 2. The predicted octanol–water partition coefficient (Wildman–Crippen LogP) is 4.27. The summed E-state index contributed by atoms with van der Waals surface area (Å²) in [6, 6.07) is 14.6. The van der Waals surface area contributed by atoms with Gasteiger partial charge in [0.25, 0.3) is 5.91 Å². The molecule has 3 rings (SSSR count). The van der Waals surface area contributed by atoms with Crippen LogP contribution in [0.1, 0.15) is 32.5 Å². The van der Waals surface area contributed by atoms with Gasteiger partial charge in [-0.25, -0.2) is 0 Å². The first-order chi connectivity index (χ1) is 13.5. The first-order valence-electron chi connectivity index (χ1n) is 8.72. The second-order valence-corrected chi connectivity index (χ2v) is 7.49. The van der Waals surface area contributed by atoms with Crippen molar-refractivity contribution in [2.24, 2.45) is 0 Å². The highest BCUT2D eigenvalue weighted by Crippen LogP contribution is 2.34. The molecule has 0 fully saturated rings. The highest BCUT2D eigenvalue weighted by Gasteiger charge is 2.18. The van der Waals surface area contributed by atoms with Crippen molar-refractivity contribution >= 4 is 50.7 Å². The Bertz CT molecular complexity index is 1030. The van der Waals surface area contributed by atoms with Gasteiger partial charge in [0.2, 0.25) is 0 Å². The van der Waals surface area contributed by atoms with Crippen LogP contribution in [0.5, 0.6) is 0 Å². The average molecular weight is 416 g/mol. The molecule has 7 heteroatoms. The monoisotopic (exact) mass is 415 g/mol. The molecule has 28 heavy (non-hydrogen) atoms. The van der Waals surface area contributed by atoms with Crippen molar-refractivity contribution in [2.45, 2.75) is 13.3 Å². The number of ketones is 1. The molecule has 3 aromatic rings. The largest absolute Gasteiger partial charge is 0.456 e. The van der Waals surface area contributed by atoms with Crippen LogP contribution in [0.25, 0.3) is 10.1 Å². The third kappa shape index (κ3) is 4.58. The van der Waals surface area contributed by atoms with Crippen molar-refractivity contribution in [1.82, 2.24) is 5.32 Å². The summed E-state index contributed by atoms with van der Waals surface area (Å²) in [5.41, 5.74) is 1.60. The van der Waals surface area contributed by atoms with Crippen molar-refractivity contribution in [2.75, 3.05) is 13.2 Å². The summed E-state index contributed by atoms with van der Waals surface area (Å²) < 4.78 is 5.85. The van der Waals surface area contributed by atoms with Gasteiger partial charge in [0.1, 0.15) is 11.4 Å². The third-order valence-corrected chi connectivity index (χ3v) is 5.86. The molecule has 144 valence electrons. The van der Waals surface area contributed by atoms with Crippen LogP contribution in [0.15, 0.2) is 48.5 Å². The first kappa shape index (κ1) is 20.0. The minimum atomic E-state index is -0.691. The Kier molecular flexibility index (Phi) is 6.44. The Balaban J connectivity index is 1.51. The van der Waals surface area contributed by atoms with Crippen LogP contribution < -0.4 is 5.32 Å². The summed E-state index contributed by atoms with van der Waals surface area (Å²) in [5, 5.41) is 3.63. The van der Waals surface area contributed by atoms with E-state index in [9.17, 15) is 14.4 Å². The molecule has 1 N–H and O–H groups in total. The van der Waals surface area contributed by atoms with Gasteiger partial charge in [-0.2, -0.15) is 0 Å². The highest BCUT2D eigenvalue weighted by molar-refractivity contribution is 7.21. The SMILES string of the molecule is CCc1ccc(C(=O)COC(=O)CNC(=O)c2sc3ccccc3c2Cl)cc1. The fraction of sp³-hybridized carbons (Fsp3) is 0.190. The number of carbonyl (C=O) groups is 3. The molecule has 5 nitrogen and oxygen atoms in total. The van der Waals surface area contributed by atoms with Gasteiger partial charge in [-0.15, -0.1) is 11.3 Å². The van der Waals surface area contributed by atoms with E-state index in [1.165, 1.54) is 11.3 Å². The number of amides is 1. The molecule has 0 saturated carbocycles. The minimum Gasteiger partial charge on any atom is -0.456 e. The Morgan fingerprint density at radius 1 is 1.07 bits per heavy atom. The fourth-order valence-corrected chi connectivity index (χ4v) is 4.03. The van der Waals surface area contributed by atoms with Crippen molar-refractivity contribution in [3.63, 3.8) is 0 Å². The van der Waals surface area contributed by atoms with E-state index in [1.807, 2.05) is 43.3 Å². The minimum absolute atomic E-state index is 0.296. The number of fused-ring (bicyclic) bond motifs is 1. The van der Waals surface area contributed by atoms with Gasteiger partial charge < -0.3 is 10.1 Å². The summed E-state index contributed by atoms with van der Waals surface area (Å²) in [7, 11) is 0. The van der Waals surface area contributed by atoms with Crippen molar-refractivity contribution < 1.29 is 19.1 Å². The number of rotatable bonds is 7. The lowest BCUT2D eigenvalue weighted by molar-refractivity contribution is -0.141. The van der Waals surface area contributed by atoms with E-state index in [-0.39, 0.29) is 18.9 Å². The van der Waals surface area contributed by atoms with Crippen LogP contribution in [0.3, 0.4) is 0 Å². The van der Waals surface area contributed by atoms with Gasteiger partial charge >= 0.3 is 5.97 Å². The molecular weight excluding hydrogens is 398 g/mol. The molecule has 0 radical (unpaired) electrons. The molecule has 0 atom stereocenters. The predicted molar refractivity (Wildman–Crippen MR) is 110 cm³/mol. The number of hydrogen-bond donors (Lipinski definition) is 1. The van der Waals surface area contributed by atoms with E-state index in [0.717, 1.165) is 22.1 Å². The van der Waals surface area contributed by atoms with Gasteiger partial charge in [0.05, 0.1) is 5.02 Å². The number of esters is 1. The molecule has 0 saturated heterocycles. The molecule has 1 amide bonds. The molecule has 1 aromatic heterocycles. The second-order valence-electron chi connectivity index (χ2n) is 6.06. The van der Waals surface area contributed by atoms with Gasteiger partial charge in [0.15, 0.2) is 12.4 Å². The number of thiophene rings is 1. The lowest BCUT2D eigenvalue weighted by atomic mass is 10.1. The standard InChI is InChI=1S/C21H18ClNO4S/c1-2-13-7-9-14(10-8-13)16(24)12-27-18(25)11-23-21(26)20-19(22)15-5-3-4-6-17(15)28-20/h3-10H,2,11-12H2,1H3,(H,23,26). The van der Waals surface area contributed by atoms with Gasteiger partial charge in [0, 0.05) is 15.6 Å². The van der Waals surface area contributed by atoms with E-state index < -0.39 is 11.9 Å². The number of aryl methyl sites for hydroxylation is 1. The van der Waals surface area contributed by atoms with Crippen LogP contribution in [0.2, 0.25) is 5.02 Å². The third-order valence-electron chi connectivity index (χ3n) is 4.18. The Hall–Kier alpha value is -2.70. The number of carbonyl (C=O) groups excluding carboxylic acids is 3. The molecule has 0 aliphatic carbocycles. The molecule has 0 aliphatic rings. The van der Waals surface area contributed by atoms with E-state index in [1.54, 1.807) is 12.1 Å². The quantitative estimate of drug-likeness (QED) is 0.462.